The molecule has 9 rings (SSSR count). The molecule has 8 bridgehead atoms. The van der Waals surface area contributed by atoms with E-state index in [4.69, 9.17) is 29.9 Å². The summed E-state index contributed by atoms with van der Waals surface area (Å²) in [7, 11) is -0.0601. The predicted molar refractivity (Wildman–Crippen MR) is 177 cm³/mol. The summed E-state index contributed by atoms with van der Waals surface area (Å²) in [5, 5.41) is 2.36. The molecule has 0 fully saturated rings. The van der Waals surface area contributed by atoms with Crippen molar-refractivity contribution >= 4 is 79.7 Å². The van der Waals surface area contributed by atoms with Gasteiger partial charge >= 0.3 is 25.4 Å². The van der Waals surface area contributed by atoms with E-state index >= 15 is 0 Å². The molecule has 7 aromatic rings. The molecule has 3 N–H and O–H groups in total. The maximum atomic E-state index is 12.5. The maximum absolute atomic E-state index is 12.5. The van der Waals surface area contributed by atoms with Crippen molar-refractivity contribution in [2.45, 2.75) is 4.90 Å². The van der Waals surface area contributed by atoms with Crippen molar-refractivity contribution in [2.24, 2.45) is 0 Å². The number of rotatable bonds is 1. The monoisotopic (exact) mass is 656 g/mol. The summed E-state index contributed by atoms with van der Waals surface area (Å²) >= 11 is 1.89. The molecule has 14 heteroatoms. The van der Waals surface area contributed by atoms with Gasteiger partial charge in [0.25, 0.3) is 10.1 Å². The molecule has 2 aliphatic heterocycles. The van der Waals surface area contributed by atoms with E-state index < -0.39 is 10.1 Å². The van der Waals surface area contributed by atoms with Gasteiger partial charge < -0.3 is 9.97 Å². The Hall–Kier alpha value is -5.03. The molecule has 0 spiro atoms. The van der Waals surface area contributed by atoms with Crippen molar-refractivity contribution in [3.63, 3.8) is 0 Å². The predicted octanol–water partition coefficient (Wildman–Crippen LogP) is 6.42. The van der Waals surface area contributed by atoms with Crippen molar-refractivity contribution in [1.82, 2.24) is 39.9 Å². The molecule has 2 aliphatic rings. The molecule has 0 unspecified atom stereocenters. The third-order valence-electron chi connectivity index (χ3n) is 7.82. The van der Waals surface area contributed by atoms with Crippen LogP contribution >= 0.6 is 10.0 Å². The molecule has 46 heavy (non-hydrogen) atoms. The van der Waals surface area contributed by atoms with Gasteiger partial charge in [-0.1, -0.05) is 84.9 Å². The van der Waals surface area contributed by atoms with Gasteiger partial charge in [-0.15, -0.1) is 0 Å². The minimum absolute atomic E-state index is 0.169. The first kappa shape index (κ1) is 28.4. The zero-order valence-corrected chi connectivity index (χ0v) is 26.2. The van der Waals surface area contributed by atoms with Gasteiger partial charge in [0.2, 0.25) is 0 Å². The van der Waals surface area contributed by atoms with Crippen molar-refractivity contribution in [2.75, 3.05) is 0 Å². The Morgan fingerprint density at radius 2 is 0.870 bits per heavy atom. The number of aromatic nitrogens is 8. The third kappa shape index (κ3) is 4.48. The van der Waals surface area contributed by atoms with Crippen molar-refractivity contribution < 1.29 is 13.0 Å². The Bertz CT molecular complexity index is 2670. The van der Waals surface area contributed by atoms with Crippen LogP contribution in [0.4, 0.5) is 0 Å². The molecule has 0 atom stereocenters. The fourth-order valence-corrected chi connectivity index (χ4v) is 6.59. The Balaban J connectivity index is 0.00000153. The van der Waals surface area contributed by atoms with Crippen LogP contribution in [0.15, 0.2) is 95.9 Å². The van der Waals surface area contributed by atoms with Gasteiger partial charge in [0.1, 0.15) is 27.5 Å². The number of hydrogen-bond acceptors (Lipinski definition) is 8. The van der Waals surface area contributed by atoms with Gasteiger partial charge in [-0.2, -0.15) is 8.42 Å². The number of benzene rings is 4. The van der Waals surface area contributed by atoms with E-state index in [0.717, 1.165) is 33.0 Å². The summed E-state index contributed by atoms with van der Waals surface area (Å²) in [6.07, 6.45) is 0. The zero-order chi connectivity index (χ0) is 31.6. The number of aromatic amines is 2. The molecule has 0 radical (unpaired) electrons. The molecule has 0 aliphatic carbocycles. The number of hydrogen-bond donors (Lipinski definition) is 3. The fourth-order valence-electron chi connectivity index (χ4n) is 5.87. The van der Waals surface area contributed by atoms with E-state index in [-0.39, 0.29) is 15.9 Å². The second-order valence-corrected chi connectivity index (χ2v) is 11.8. The molecule has 3 aromatic heterocycles. The quantitative estimate of drug-likeness (QED) is 0.134. The first-order chi connectivity index (χ1) is 22.4. The Labute approximate surface area is 272 Å². The summed E-state index contributed by atoms with van der Waals surface area (Å²) in [5.41, 5.74) is 4.68. The van der Waals surface area contributed by atoms with Crippen LogP contribution in [0, 0.1) is 0 Å². The molecule has 11 nitrogen and oxygen atoms in total. The second kappa shape index (κ2) is 10.8. The molecule has 5 heterocycles. The fraction of sp³-hybridized carbons (Fsp3) is 0. The van der Waals surface area contributed by atoms with Crippen molar-refractivity contribution in [3.05, 3.63) is 91.0 Å². The Kier molecular flexibility index (Phi) is 6.68. The molecule has 0 saturated carbocycles. The molecule has 0 amide bonds. The van der Waals surface area contributed by atoms with Gasteiger partial charge in [0.15, 0.2) is 23.3 Å². The van der Waals surface area contributed by atoms with E-state index in [0.29, 0.717) is 45.6 Å². The first-order valence-corrected chi connectivity index (χ1v) is 17.0. The van der Waals surface area contributed by atoms with Gasteiger partial charge in [-0.05, 0) is 6.07 Å². The van der Waals surface area contributed by atoms with E-state index in [9.17, 15) is 13.0 Å². The first-order valence-electron chi connectivity index (χ1n) is 13.8. The van der Waals surface area contributed by atoms with Crippen LogP contribution in [0.1, 0.15) is 0 Å². The Morgan fingerprint density at radius 1 is 0.500 bits per heavy atom. The van der Waals surface area contributed by atoms with Crippen LogP contribution < -0.4 is 0 Å². The van der Waals surface area contributed by atoms with Crippen molar-refractivity contribution in [3.8, 4) is 45.6 Å². The van der Waals surface area contributed by atoms with E-state index in [2.05, 4.69) is 20.0 Å². The van der Waals surface area contributed by atoms with Crippen LogP contribution in [0.5, 0.6) is 0 Å². The number of H-pyrrole nitrogens is 2. The normalized spacial score (nSPS) is 12.0. The van der Waals surface area contributed by atoms with Gasteiger partial charge in [0, 0.05) is 43.8 Å². The zero-order valence-electron chi connectivity index (χ0n) is 23.5. The standard InChI is InChI=1S/C32H18N8O3S.Al.ClH/c41-44(42,43)23-15-7-14-22-24(23)32-39-30-21-13-6-5-12-20(21)28(37-30)35-26-17-9-2-1-8-16(17)25(33-26)34-27-18-10-3-4-11-19(18)29(36-27)38-31(22)40-32;;/h1-15H,(H,41,42,43)(H2,33,34,35,36,37,38,39,40);;1H/q;+3;/p-1. The van der Waals surface area contributed by atoms with Gasteiger partial charge in [-0.3, -0.25) is 4.55 Å². The van der Waals surface area contributed by atoms with Gasteiger partial charge in [-0.25, -0.2) is 29.9 Å². The molecular formula is C32H18AlClN8O3S+2. The molecule has 0 saturated heterocycles. The second-order valence-electron chi connectivity index (χ2n) is 10.4. The number of halogens is 1. The molecule has 4 aromatic carbocycles. The van der Waals surface area contributed by atoms with Crippen LogP contribution in [0.25, 0.3) is 89.7 Å². The average molecular weight is 657 g/mol. The number of nitrogens with zero attached hydrogens (tertiary/aromatic N) is 6. The van der Waals surface area contributed by atoms with Crippen molar-refractivity contribution in [1.29, 1.82) is 0 Å². The van der Waals surface area contributed by atoms with Crippen LogP contribution in [0.3, 0.4) is 0 Å². The summed E-state index contributed by atoms with van der Waals surface area (Å²) in [6, 6.07) is 27.6. The minimum atomic E-state index is -4.62. The van der Waals surface area contributed by atoms with Crippen LogP contribution in [-0.4, -0.2) is 68.2 Å². The SMILES string of the molecule is O=S(=O)(O)c1cccc2c3nc4nc(nc5[nH]c(nc6nc(nc([nH]3)c12)-c1ccccc1-6)c1ccccc51)-c1ccccc1-4.[Al+2][Cl]. The summed E-state index contributed by atoms with van der Waals surface area (Å²) in [6.45, 7) is 0. The summed E-state index contributed by atoms with van der Waals surface area (Å²) in [4.78, 5) is 35.4. The summed E-state index contributed by atoms with van der Waals surface area (Å²) < 4.78 is 35.2. The van der Waals surface area contributed by atoms with E-state index in [1.165, 1.54) is 6.07 Å². The topological polar surface area (TPSA) is 163 Å². The molecule has 218 valence electrons. The molecular weight excluding hydrogens is 639 g/mol. The van der Waals surface area contributed by atoms with E-state index in [1.807, 2.05) is 88.2 Å². The van der Waals surface area contributed by atoms with Crippen LogP contribution in [-0.2, 0) is 10.1 Å². The average Bonchev–Trinajstić information content (AvgIpc) is 3.81. The Morgan fingerprint density at radius 3 is 1.33 bits per heavy atom. The number of fused-ring (bicyclic) bond motifs is 20. The van der Waals surface area contributed by atoms with Crippen LogP contribution in [0.2, 0.25) is 0 Å². The van der Waals surface area contributed by atoms with Gasteiger partial charge in [0.05, 0.1) is 0 Å². The number of nitrogens with one attached hydrogen (secondary N) is 2. The summed E-state index contributed by atoms with van der Waals surface area (Å²) in [5.74, 6) is 1.60. The third-order valence-corrected chi connectivity index (χ3v) is 8.72. The van der Waals surface area contributed by atoms with E-state index in [1.54, 1.807) is 12.1 Å².